The number of benzene rings is 2. The van der Waals surface area contributed by atoms with E-state index in [1.807, 2.05) is 54.6 Å². The zero-order chi connectivity index (χ0) is 27.0. The van der Waals surface area contributed by atoms with Crippen molar-refractivity contribution in [3.05, 3.63) is 100 Å². The number of hydrogen-bond donors (Lipinski definition) is 2. The number of pyridine rings is 1. The van der Waals surface area contributed by atoms with Gasteiger partial charge in [0.1, 0.15) is 5.75 Å². The first kappa shape index (κ1) is 25.9. The molecule has 1 fully saturated rings. The number of nitrogens with zero attached hydrogens (tertiary/aromatic N) is 3. The Kier molecular flexibility index (Phi) is 7.23. The molecular formula is C29H28BrN5O2S. The number of rotatable bonds is 6. The molecule has 2 atom stereocenters. The number of carbonyl (C=O) groups is 1. The van der Waals surface area contributed by atoms with E-state index >= 15 is 0 Å². The Balaban J connectivity index is 1.69. The molecule has 0 aliphatic carbocycles. The van der Waals surface area contributed by atoms with Crippen LogP contribution < -0.4 is 20.3 Å². The lowest BCUT2D eigenvalue weighted by Crippen LogP contribution is -2.29. The van der Waals surface area contributed by atoms with Crippen LogP contribution in [0.25, 0.3) is 5.69 Å². The summed E-state index contributed by atoms with van der Waals surface area (Å²) >= 11 is 9.64. The number of nitrogens with one attached hydrogen (secondary N) is 2. The monoisotopic (exact) mass is 589 g/mol. The fourth-order valence-corrected chi connectivity index (χ4v) is 5.98. The minimum atomic E-state index is -0.196. The molecule has 2 N–H and O–H groups in total. The van der Waals surface area contributed by atoms with Gasteiger partial charge in [0.2, 0.25) is 5.91 Å². The Hall–Kier alpha value is -3.69. The normalized spacial score (nSPS) is 16.9. The molecule has 0 unspecified atom stereocenters. The number of methoxy groups -OCH3 is 1. The summed E-state index contributed by atoms with van der Waals surface area (Å²) in [5, 5.41) is 6.98. The van der Waals surface area contributed by atoms with E-state index in [0.717, 1.165) is 38.5 Å². The van der Waals surface area contributed by atoms with E-state index in [4.69, 9.17) is 17.0 Å². The fourth-order valence-electron chi connectivity index (χ4n) is 5.17. The van der Waals surface area contributed by atoms with Gasteiger partial charge in [0.25, 0.3) is 0 Å². The molecule has 9 heteroatoms. The molecule has 7 nitrogen and oxygen atoms in total. The molecule has 0 radical (unpaired) electrons. The number of halogens is 1. The predicted molar refractivity (Wildman–Crippen MR) is 158 cm³/mol. The van der Waals surface area contributed by atoms with E-state index in [1.54, 1.807) is 13.3 Å². The van der Waals surface area contributed by atoms with Gasteiger partial charge < -0.3 is 24.8 Å². The number of aryl methyl sites for hydroxylation is 1. The minimum absolute atomic E-state index is 0.178. The quantitative estimate of drug-likeness (QED) is 0.254. The van der Waals surface area contributed by atoms with Crippen molar-refractivity contribution < 1.29 is 9.53 Å². The lowest BCUT2D eigenvalue weighted by atomic mass is 9.96. The van der Waals surface area contributed by atoms with Crippen LogP contribution in [0.2, 0.25) is 0 Å². The number of aromatic nitrogens is 2. The van der Waals surface area contributed by atoms with Crippen LogP contribution in [-0.4, -0.2) is 27.7 Å². The van der Waals surface area contributed by atoms with Gasteiger partial charge in [-0.1, -0.05) is 18.2 Å². The van der Waals surface area contributed by atoms with E-state index in [0.29, 0.717) is 16.5 Å². The Morgan fingerprint density at radius 1 is 1.11 bits per heavy atom. The van der Waals surface area contributed by atoms with E-state index in [9.17, 15) is 4.79 Å². The third kappa shape index (κ3) is 4.68. The van der Waals surface area contributed by atoms with Crippen LogP contribution in [0.5, 0.6) is 5.75 Å². The van der Waals surface area contributed by atoms with Crippen molar-refractivity contribution in [1.29, 1.82) is 0 Å². The number of ether oxygens (including phenoxy) is 1. The third-order valence-corrected chi connectivity index (χ3v) is 7.74. The molecule has 1 amide bonds. The first-order chi connectivity index (χ1) is 18.3. The van der Waals surface area contributed by atoms with Crippen LogP contribution in [-0.2, 0) is 4.79 Å². The molecule has 1 saturated heterocycles. The molecule has 2 aromatic carbocycles. The van der Waals surface area contributed by atoms with E-state index in [1.165, 1.54) is 6.92 Å². The van der Waals surface area contributed by atoms with Crippen LogP contribution in [0.4, 0.5) is 11.4 Å². The molecule has 38 heavy (non-hydrogen) atoms. The smallest absolute Gasteiger partial charge is 0.221 e. The van der Waals surface area contributed by atoms with Gasteiger partial charge >= 0.3 is 0 Å². The molecule has 4 aromatic rings. The molecule has 194 valence electrons. The Bertz CT molecular complexity index is 1520. The van der Waals surface area contributed by atoms with Crippen molar-refractivity contribution in [2.24, 2.45) is 0 Å². The fraction of sp³-hybridized carbons (Fsp3) is 0.207. The highest BCUT2D eigenvalue weighted by Gasteiger charge is 2.42. The highest BCUT2D eigenvalue weighted by Crippen LogP contribution is 2.45. The number of para-hydroxylation sites is 1. The van der Waals surface area contributed by atoms with E-state index in [-0.39, 0.29) is 18.0 Å². The van der Waals surface area contributed by atoms with Gasteiger partial charge in [0, 0.05) is 34.7 Å². The summed E-state index contributed by atoms with van der Waals surface area (Å²) in [5.41, 5.74) is 6.71. The number of anilines is 2. The second kappa shape index (κ2) is 10.6. The van der Waals surface area contributed by atoms with Crippen LogP contribution in [0, 0.1) is 13.8 Å². The van der Waals surface area contributed by atoms with Crippen LogP contribution in [0.3, 0.4) is 0 Å². The van der Waals surface area contributed by atoms with E-state index < -0.39 is 0 Å². The highest BCUT2D eigenvalue weighted by molar-refractivity contribution is 9.10. The first-order valence-corrected chi connectivity index (χ1v) is 13.4. The first-order valence-electron chi connectivity index (χ1n) is 12.2. The molecule has 0 spiro atoms. The minimum Gasteiger partial charge on any atom is -0.495 e. The van der Waals surface area contributed by atoms with E-state index in [2.05, 4.69) is 67.0 Å². The maximum Gasteiger partial charge on any atom is 0.221 e. The van der Waals surface area contributed by atoms with Gasteiger partial charge in [-0.2, -0.15) is 0 Å². The van der Waals surface area contributed by atoms with Crippen molar-refractivity contribution in [2.45, 2.75) is 32.9 Å². The molecule has 1 aliphatic heterocycles. The number of hydrogen-bond acceptors (Lipinski definition) is 4. The second-order valence-corrected chi connectivity index (χ2v) is 10.4. The zero-order valence-corrected chi connectivity index (χ0v) is 23.9. The van der Waals surface area contributed by atoms with Gasteiger partial charge in [0.15, 0.2) is 5.11 Å². The molecule has 0 bridgehead atoms. The average Bonchev–Trinajstić information content (AvgIpc) is 3.39. The zero-order valence-electron chi connectivity index (χ0n) is 21.5. The van der Waals surface area contributed by atoms with Crippen molar-refractivity contribution in [3.63, 3.8) is 0 Å². The lowest BCUT2D eigenvalue weighted by molar-refractivity contribution is -0.114. The second-order valence-electron chi connectivity index (χ2n) is 9.18. The number of amides is 1. The van der Waals surface area contributed by atoms with Crippen molar-refractivity contribution >= 4 is 50.5 Å². The molecule has 3 heterocycles. The molecular weight excluding hydrogens is 562 g/mol. The Morgan fingerprint density at radius 2 is 1.87 bits per heavy atom. The van der Waals surface area contributed by atoms with Gasteiger partial charge in [-0.25, -0.2) is 0 Å². The summed E-state index contributed by atoms with van der Waals surface area (Å²) in [5.74, 6) is 0.398. The standard InChI is InChI=1S/C29H28BrN5O2S/c1-17-15-21(18(2)34(17)25-11-6-5-9-22(25)30)28-27(23-10-7-8-14-31-23)33-29(38)35(28)20-12-13-26(37-4)24(16-20)32-19(3)36/h5-16,27-28H,1-4H3,(H,32,36)(H,33,38)/t27-,28+/m1/s1. The van der Waals surface area contributed by atoms with Crippen molar-refractivity contribution in [3.8, 4) is 11.4 Å². The van der Waals surface area contributed by atoms with Crippen LogP contribution in [0.1, 0.15) is 41.7 Å². The summed E-state index contributed by atoms with van der Waals surface area (Å²) in [6.45, 7) is 5.72. The summed E-state index contributed by atoms with van der Waals surface area (Å²) in [6.07, 6.45) is 1.80. The summed E-state index contributed by atoms with van der Waals surface area (Å²) < 4.78 is 8.76. The van der Waals surface area contributed by atoms with Gasteiger partial charge in [0.05, 0.1) is 36.3 Å². The third-order valence-electron chi connectivity index (χ3n) is 6.75. The molecule has 0 saturated carbocycles. The average molecular weight is 591 g/mol. The summed E-state index contributed by atoms with van der Waals surface area (Å²) in [7, 11) is 1.58. The Morgan fingerprint density at radius 3 is 2.55 bits per heavy atom. The summed E-state index contributed by atoms with van der Waals surface area (Å²) in [6, 6.07) is 21.6. The predicted octanol–water partition coefficient (Wildman–Crippen LogP) is 6.40. The SMILES string of the molecule is COc1ccc(N2C(=S)N[C@H](c3ccccn3)[C@@H]2c2cc(C)n(-c3ccccc3Br)c2C)cc1NC(C)=O. The topological polar surface area (TPSA) is 71.4 Å². The van der Waals surface area contributed by atoms with Gasteiger partial charge in [-0.15, -0.1) is 0 Å². The molecule has 1 aliphatic rings. The molecule has 2 aromatic heterocycles. The summed E-state index contributed by atoms with van der Waals surface area (Å²) in [4.78, 5) is 18.7. The molecule has 5 rings (SSSR count). The maximum atomic E-state index is 11.9. The van der Waals surface area contributed by atoms with Gasteiger partial charge in [-0.05, 0) is 96.1 Å². The van der Waals surface area contributed by atoms with Gasteiger partial charge in [-0.3, -0.25) is 9.78 Å². The van der Waals surface area contributed by atoms with Crippen molar-refractivity contribution in [2.75, 3.05) is 17.3 Å². The maximum absolute atomic E-state index is 11.9. The number of thiocarbonyl (C=S) groups is 1. The Labute approximate surface area is 236 Å². The highest BCUT2D eigenvalue weighted by atomic mass is 79.9. The lowest BCUT2D eigenvalue weighted by Gasteiger charge is -2.29. The number of carbonyl (C=O) groups excluding carboxylic acids is 1. The van der Waals surface area contributed by atoms with Crippen LogP contribution in [0.15, 0.2) is 77.4 Å². The van der Waals surface area contributed by atoms with Crippen LogP contribution >= 0.6 is 28.1 Å². The van der Waals surface area contributed by atoms with Crippen molar-refractivity contribution in [1.82, 2.24) is 14.9 Å². The largest absolute Gasteiger partial charge is 0.495 e.